The van der Waals surface area contributed by atoms with Gasteiger partial charge in [0.2, 0.25) is 0 Å². The second-order valence-corrected chi connectivity index (χ2v) is 3.95. The van der Waals surface area contributed by atoms with E-state index >= 15 is 0 Å². The van der Waals surface area contributed by atoms with E-state index in [4.69, 9.17) is 5.11 Å². The van der Waals surface area contributed by atoms with Gasteiger partial charge in [-0.25, -0.2) is 0 Å². The Morgan fingerprint density at radius 3 is 3.08 bits per heavy atom. The number of carbonyl (C=O) groups is 1. The fraction of sp³-hybridized carbons (Fsp3) is 0.625. The summed E-state index contributed by atoms with van der Waals surface area (Å²) in [5.41, 5.74) is 0. The summed E-state index contributed by atoms with van der Waals surface area (Å²) in [5.74, 6) is 0.367. The first-order chi connectivity index (χ1) is 6.20. The molecule has 0 saturated heterocycles. The Hall–Kier alpha value is -0.840. The topological polar surface area (TPSA) is 62.0 Å². The zero-order valence-electron chi connectivity index (χ0n) is 7.43. The summed E-state index contributed by atoms with van der Waals surface area (Å²) < 4.78 is 0. The molecule has 13 heavy (non-hydrogen) atoms. The molecule has 0 bridgehead atoms. The Labute approximate surface area is 81.1 Å². The molecule has 0 fully saturated rings. The van der Waals surface area contributed by atoms with E-state index in [-0.39, 0.29) is 6.42 Å². The maximum absolute atomic E-state index is 10.2. The van der Waals surface area contributed by atoms with Crippen molar-refractivity contribution in [2.45, 2.75) is 19.8 Å². The molecule has 0 aromatic rings. The molecule has 0 aliphatic carbocycles. The van der Waals surface area contributed by atoms with Gasteiger partial charge in [-0.3, -0.25) is 4.79 Å². The second-order valence-electron chi connectivity index (χ2n) is 2.84. The first-order valence-electron chi connectivity index (χ1n) is 4.16. The molecule has 72 valence electrons. The number of carboxylic acid groups (broad SMARTS) is 1. The van der Waals surface area contributed by atoms with E-state index in [1.165, 1.54) is 0 Å². The van der Waals surface area contributed by atoms with Crippen LogP contribution >= 0.6 is 11.8 Å². The highest BCUT2D eigenvalue weighted by molar-refractivity contribution is 8.14. The van der Waals surface area contributed by atoms with E-state index < -0.39 is 5.97 Å². The minimum absolute atomic E-state index is 0.232. The fourth-order valence-corrected chi connectivity index (χ4v) is 1.83. The predicted molar refractivity (Wildman–Crippen MR) is 54.4 cm³/mol. The standard InChI is InChI=1S/C8H12N2O2S/c1-6-5-9-10-8(6)13-4-2-3-7(11)12/h5-6H,2-4H2,1H3,(H,11,12). The monoisotopic (exact) mass is 200 g/mol. The minimum atomic E-state index is -0.738. The zero-order valence-corrected chi connectivity index (χ0v) is 8.25. The first kappa shape index (κ1) is 10.2. The lowest BCUT2D eigenvalue weighted by atomic mass is 10.2. The summed E-state index contributed by atoms with van der Waals surface area (Å²) in [6.45, 7) is 2.03. The Kier molecular flexibility index (Phi) is 3.95. The van der Waals surface area contributed by atoms with Gasteiger partial charge >= 0.3 is 5.97 Å². The Bertz CT molecular complexity index is 251. The minimum Gasteiger partial charge on any atom is -0.481 e. The summed E-state index contributed by atoms with van der Waals surface area (Å²) in [7, 11) is 0. The highest BCUT2D eigenvalue weighted by Gasteiger charge is 2.13. The average molecular weight is 200 g/mol. The highest BCUT2D eigenvalue weighted by Crippen LogP contribution is 2.17. The molecule has 1 atom stereocenters. The average Bonchev–Trinajstić information content (AvgIpc) is 2.45. The highest BCUT2D eigenvalue weighted by atomic mass is 32.2. The SMILES string of the molecule is CC1C=NN=C1SCCCC(=O)O. The molecule has 4 nitrogen and oxygen atoms in total. The molecule has 5 heteroatoms. The van der Waals surface area contributed by atoms with Crippen LogP contribution in [-0.2, 0) is 4.79 Å². The normalized spacial score (nSPS) is 20.4. The molecule has 1 heterocycles. The van der Waals surface area contributed by atoms with Crippen LogP contribution in [0.1, 0.15) is 19.8 Å². The summed E-state index contributed by atoms with van der Waals surface area (Å²) in [6.07, 6.45) is 2.71. The third kappa shape index (κ3) is 3.59. The van der Waals surface area contributed by atoms with Crippen LogP contribution in [0.5, 0.6) is 0 Å². The van der Waals surface area contributed by atoms with Crippen LogP contribution < -0.4 is 0 Å². The molecule has 1 rings (SSSR count). The molecule has 1 unspecified atom stereocenters. The molecule has 0 saturated carbocycles. The van der Waals surface area contributed by atoms with E-state index in [9.17, 15) is 4.79 Å². The van der Waals surface area contributed by atoms with Gasteiger partial charge in [0.25, 0.3) is 0 Å². The summed E-state index contributed by atoms with van der Waals surface area (Å²) >= 11 is 1.60. The van der Waals surface area contributed by atoms with Gasteiger partial charge in [-0.05, 0) is 12.2 Å². The van der Waals surface area contributed by atoms with Crippen LogP contribution in [0, 0.1) is 5.92 Å². The van der Waals surface area contributed by atoms with Gasteiger partial charge in [-0.1, -0.05) is 6.92 Å². The second kappa shape index (κ2) is 5.01. The number of hydrogen-bond acceptors (Lipinski definition) is 4. The Morgan fingerprint density at radius 1 is 1.77 bits per heavy atom. The molecule has 0 amide bonds. The maximum Gasteiger partial charge on any atom is 0.303 e. The van der Waals surface area contributed by atoms with Crippen molar-refractivity contribution in [2.75, 3.05) is 5.75 Å². The summed E-state index contributed by atoms with van der Waals surface area (Å²) in [6, 6.07) is 0. The number of hydrogen-bond donors (Lipinski definition) is 1. The molecule has 1 aliphatic rings. The summed E-state index contributed by atoms with van der Waals surface area (Å²) in [4.78, 5) is 10.2. The zero-order chi connectivity index (χ0) is 9.68. The van der Waals surface area contributed by atoms with Crippen LogP contribution in [-0.4, -0.2) is 28.1 Å². The van der Waals surface area contributed by atoms with Crippen LogP contribution in [0.4, 0.5) is 0 Å². The number of nitrogens with zero attached hydrogens (tertiary/aromatic N) is 2. The van der Waals surface area contributed by atoms with Crippen molar-refractivity contribution in [1.29, 1.82) is 0 Å². The molecule has 0 radical (unpaired) electrons. The van der Waals surface area contributed by atoms with Gasteiger partial charge in [0.1, 0.15) is 5.04 Å². The number of thioether (sulfide) groups is 1. The van der Waals surface area contributed by atoms with Gasteiger partial charge in [0.15, 0.2) is 0 Å². The van der Waals surface area contributed by atoms with Crippen molar-refractivity contribution in [3.63, 3.8) is 0 Å². The molecular formula is C8H12N2O2S. The molecule has 0 spiro atoms. The molecule has 1 aliphatic heterocycles. The van der Waals surface area contributed by atoms with E-state index in [0.717, 1.165) is 10.8 Å². The predicted octanol–water partition coefficient (Wildman–Crippen LogP) is 1.62. The quantitative estimate of drug-likeness (QED) is 0.701. The molecule has 1 N–H and O–H groups in total. The van der Waals surface area contributed by atoms with Crippen molar-refractivity contribution < 1.29 is 9.90 Å². The number of aliphatic carboxylic acids is 1. The fourth-order valence-electron chi connectivity index (χ4n) is 0.906. The maximum atomic E-state index is 10.2. The van der Waals surface area contributed by atoms with Crippen LogP contribution in [0.2, 0.25) is 0 Å². The largest absolute Gasteiger partial charge is 0.481 e. The van der Waals surface area contributed by atoms with Crippen LogP contribution in [0.25, 0.3) is 0 Å². The lowest BCUT2D eigenvalue weighted by Gasteiger charge is -2.02. The van der Waals surface area contributed by atoms with Crippen molar-refractivity contribution >= 4 is 29.0 Å². The van der Waals surface area contributed by atoms with Gasteiger partial charge in [0.05, 0.1) is 0 Å². The van der Waals surface area contributed by atoms with Crippen molar-refractivity contribution in [3.05, 3.63) is 0 Å². The van der Waals surface area contributed by atoms with E-state index in [1.54, 1.807) is 18.0 Å². The Morgan fingerprint density at radius 2 is 2.54 bits per heavy atom. The third-order valence-corrected chi connectivity index (χ3v) is 2.86. The number of rotatable bonds is 4. The van der Waals surface area contributed by atoms with Gasteiger partial charge < -0.3 is 5.11 Å². The molecule has 0 aromatic heterocycles. The molecule has 0 aromatic carbocycles. The van der Waals surface area contributed by atoms with Crippen molar-refractivity contribution in [3.8, 4) is 0 Å². The van der Waals surface area contributed by atoms with Crippen LogP contribution in [0.3, 0.4) is 0 Å². The van der Waals surface area contributed by atoms with Crippen molar-refractivity contribution in [2.24, 2.45) is 16.1 Å². The lowest BCUT2D eigenvalue weighted by molar-refractivity contribution is -0.137. The van der Waals surface area contributed by atoms with Crippen LogP contribution in [0.15, 0.2) is 10.2 Å². The van der Waals surface area contributed by atoms with Gasteiger partial charge in [-0.15, -0.1) is 16.9 Å². The van der Waals surface area contributed by atoms with Crippen molar-refractivity contribution in [1.82, 2.24) is 0 Å². The van der Waals surface area contributed by atoms with Gasteiger partial charge in [-0.2, -0.15) is 5.10 Å². The van der Waals surface area contributed by atoms with E-state index in [0.29, 0.717) is 12.3 Å². The van der Waals surface area contributed by atoms with Gasteiger partial charge in [0, 0.05) is 18.6 Å². The summed E-state index contributed by atoms with van der Waals surface area (Å²) in [5, 5.41) is 17.1. The molecular weight excluding hydrogens is 188 g/mol. The number of carboxylic acids is 1. The third-order valence-electron chi connectivity index (χ3n) is 1.62. The smallest absolute Gasteiger partial charge is 0.303 e. The van der Waals surface area contributed by atoms with E-state index in [1.807, 2.05) is 6.92 Å². The van der Waals surface area contributed by atoms with E-state index in [2.05, 4.69) is 10.2 Å². The lowest BCUT2D eigenvalue weighted by Crippen LogP contribution is -2.05. The first-order valence-corrected chi connectivity index (χ1v) is 5.14. The Balaban J connectivity index is 2.10.